The van der Waals surface area contributed by atoms with Crippen molar-refractivity contribution in [3.63, 3.8) is 0 Å². The van der Waals surface area contributed by atoms with Gasteiger partial charge in [0.2, 0.25) is 5.91 Å². The molecule has 4 aromatic rings. The number of nitrogens with one attached hydrogen (secondary N) is 1. The number of halogens is 4. The first-order chi connectivity index (χ1) is 21.4. The molecule has 0 spiro atoms. The Morgan fingerprint density at radius 1 is 1.29 bits per heavy atom. The average Bonchev–Trinajstić information content (AvgIpc) is 3.58. The Balaban J connectivity index is 1.41. The molecule has 1 saturated carbocycles. The fourth-order valence-electron chi connectivity index (χ4n) is 5.80. The Kier molecular flexibility index (Phi) is 7.64. The Morgan fingerprint density at radius 2 is 2.04 bits per heavy atom. The third-order valence-corrected chi connectivity index (χ3v) is 9.12. The van der Waals surface area contributed by atoms with E-state index in [1.807, 2.05) is 0 Å². The van der Waals surface area contributed by atoms with Gasteiger partial charge in [0, 0.05) is 28.3 Å². The molecule has 0 unspecified atom stereocenters. The monoisotopic (exact) mass is 643 g/mol. The van der Waals surface area contributed by atoms with Gasteiger partial charge in [-0.1, -0.05) is 18.0 Å². The van der Waals surface area contributed by atoms with Crippen molar-refractivity contribution in [2.75, 3.05) is 20.3 Å². The Hall–Kier alpha value is -4.36. The molecule has 0 saturated heterocycles. The van der Waals surface area contributed by atoms with Gasteiger partial charge in [0.15, 0.2) is 0 Å². The van der Waals surface area contributed by atoms with E-state index in [9.17, 15) is 27.9 Å². The van der Waals surface area contributed by atoms with Crippen LogP contribution in [0.5, 0.6) is 11.5 Å². The second-order valence-corrected chi connectivity index (χ2v) is 12.0. The number of methoxy groups -OCH3 is 1. The van der Waals surface area contributed by atoms with Crippen LogP contribution in [0, 0.1) is 11.7 Å². The number of carbonyl (C=O) groups is 2. The van der Waals surface area contributed by atoms with Crippen LogP contribution in [0.25, 0.3) is 22.2 Å². The molecule has 1 aliphatic heterocycles. The van der Waals surface area contributed by atoms with E-state index in [-0.39, 0.29) is 63.4 Å². The van der Waals surface area contributed by atoms with Crippen molar-refractivity contribution in [3.8, 4) is 22.8 Å². The van der Waals surface area contributed by atoms with Crippen LogP contribution in [-0.2, 0) is 15.8 Å². The molecule has 2 aromatic carbocycles. The van der Waals surface area contributed by atoms with Crippen molar-refractivity contribution in [3.05, 3.63) is 70.3 Å². The molecular weight excluding hydrogens is 615 g/mol. The molecule has 3 heterocycles. The van der Waals surface area contributed by atoms with Gasteiger partial charge in [-0.05, 0) is 62.1 Å². The molecule has 6 rings (SSSR count). The first kappa shape index (κ1) is 30.7. The molecule has 1 fully saturated rings. The van der Waals surface area contributed by atoms with Gasteiger partial charge in [-0.15, -0.1) is 0 Å². The minimum Gasteiger partial charge on any atom is -0.494 e. The number of alkyl halides is 2. The normalized spacial score (nSPS) is 19.1. The zero-order valence-corrected chi connectivity index (χ0v) is 25.0. The van der Waals surface area contributed by atoms with Crippen molar-refractivity contribution in [2.45, 2.75) is 43.8 Å². The Labute approximate surface area is 260 Å². The molecule has 14 heteroatoms. The van der Waals surface area contributed by atoms with Crippen LogP contribution in [-0.4, -0.2) is 51.9 Å². The molecule has 0 bridgehead atoms. The fourth-order valence-corrected chi connectivity index (χ4v) is 5.98. The lowest BCUT2D eigenvalue weighted by molar-refractivity contribution is -0.123. The number of rotatable bonds is 9. The number of ether oxygens (including phenoxy) is 2. The van der Waals surface area contributed by atoms with E-state index in [1.54, 1.807) is 13.0 Å². The summed E-state index contributed by atoms with van der Waals surface area (Å²) in [4.78, 5) is 30.8. The number of aliphatic hydroxyl groups is 1. The van der Waals surface area contributed by atoms with Crippen molar-refractivity contribution >= 4 is 34.3 Å². The highest BCUT2D eigenvalue weighted by molar-refractivity contribution is 6.31. The molecule has 1 aliphatic carbocycles. The van der Waals surface area contributed by atoms with Crippen molar-refractivity contribution < 1.29 is 37.3 Å². The van der Waals surface area contributed by atoms with E-state index < -0.39 is 35.2 Å². The molecule has 2 atom stereocenters. The maximum atomic E-state index is 14.1. The van der Waals surface area contributed by atoms with Gasteiger partial charge in [-0.2, -0.15) is 13.9 Å². The van der Waals surface area contributed by atoms with Crippen molar-refractivity contribution in [1.29, 1.82) is 0 Å². The topological polar surface area (TPSA) is 142 Å². The van der Waals surface area contributed by atoms with E-state index in [1.165, 1.54) is 37.4 Å². The van der Waals surface area contributed by atoms with Crippen LogP contribution < -0.4 is 20.5 Å². The van der Waals surface area contributed by atoms with Gasteiger partial charge < -0.3 is 25.6 Å². The highest BCUT2D eigenvalue weighted by Crippen LogP contribution is 2.48. The van der Waals surface area contributed by atoms with E-state index >= 15 is 0 Å². The van der Waals surface area contributed by atoms with Gasteiger partial charge in [0.1, 0.15) is 46.1 Å². The summed E-state index contributed by atoms with van der Waals surface area (Å²) in [6.07, 6.45) is 3.23. The number of hydrogen-bond acceptors (Lipinski definition) is 7. The van der Waals surface area contributed by atoms with Crippen LogP contribution in [0.2, 0.25) is 5.02 Å². The first-order valence-corrected chi connectivity index (χ1v) is 14.5. The summed E-state index contributed by atoms with van der Waals surface area (Å²) in [6, 6.07) is 8.36. The number of fused-ring (bicyclic) bond motifs is 2. The van der Waals surface area contributed by atoms with Gasteiger partial charge in [0.05, 0.1) is 24.4 Å². The summed E-state index contributed by atoms with van der Waals surface area (Å²) in [6.45, 7) is -1.61. The van der Waals surface area contributed by atoms with Crippen molar-refractivity contribution in [2.24, 2.45) is 11.7 Å². The van der Waals surface area contributed by atoms with Gasteiger partial charge in [-0.3, -0.25) is 9.59 Å². The van der Waals surface area contributed by atoms with Crippen LogP contribution in [0.4, 0.5) is 13.2 Å². The maximum Gasteiger partial charge on any atom is 0.333 e. The van der Waals surface area contributed by atoms with E-state index in [2.05, 4.69) is 10.4 Å². The van der Waals surface area contributed by atoms with E-state index in [0.29, 0.717) is 28.7 Å². The summed E-state index contributed by atoms with van der Waals surface area (Å²) in [5.41, 5.74) is 4.25. The number of nitrogens with zero attached hydrogens (tertiary/aromatic N) is 3. The van der Waals surface area contributed by atoms with E-state index in [0.717, 1.165) is 12.6 Å². The number of amides is 2. The third-order valence-electron chi connectivity index (χ3n) is 8.83. The summed E-state index contributed by atoms with van der Waals surface area (Å²) in [5.74, 6) is -1.82. The molecule has 4 N–H and O–H groups in total. The molecule has 2 aromatic heterocycles. The zero-order valence-electron chi connectivity index (χ0n) is 24.2. The number of carbonyl (C=O) groups excluding carboxylic acids is 2. The predicted molar refractivity (Wildman–Crippen MR) is 158 cm³/mol. The minimum absolute atomic E-state index is 0.0736. The fraction of sp³-hybridized carbons (Fsp3) is 0.355. The summed E-state index contributed by atoms with van der Waals surface area (Å²) in [7, 11) is 1.34. The summed E-state index contributed by atoms with van der Waals surface area (Å²) < 4.78 is 52.3. The SMILES string of the molecule is COc1cc(C(=O)NC[C@](O)(c2cc3c(c(-c4ccc(F)c(Cl)c4)n2)OC[C@]3(C)C(N)=O)C2CCC2)cc2cn(C(F)F)nc12. The predicted octanol–water partition coefficient (Wildman–Crippen LogP) is 4.85. The molecule has 10 nitrogen and oxygen atoms in total. The standard InChI is InChI=1S/C31H29ClF3N5O5/c1-30(28(36)42)14-45-26-19(30)11-23(38-25(26)15-6-7-21(33)20(32)9-15)31(43,18-4-3-5-18)13-37-27(41)16-8-17-12-40(29(34)35)39-24(17)22(10-16)44-2/h6-12,18,29,43H,3-5,13-14H2,1-2H3,(H2,36,42)(H,37,41)/t30-,31+/m0/s1. The molecule has 2 aliphatic rings. The zero-order chi connectivity index (χ0) is 32.3. The molecule has 2 amide bonds. The van der Waals surface area contributed by atoms with Crippen LogP contribution in [0.15, 0.2) is 42.6 Å². The molecule has 236 valence electrons. The van der Waals surface area contributed by atoms with Crippen LogP contribution >= 0.6 is 11.6 Å². The third kappa shape index (κ3) is 5.13. The Morgan fingerprint density at radius 3 is 2.67 bits per heavy atom. The number of primary amides is 1. The molecular formula is C31H29ClF3N5O5. The van der Waals surface area contributed by atoms with E-state index in [4.69, 9.17) is 31.8 Å². The molecule has 0 radical (unpaired) electrons. The lowest BCUT2D eigenvalue weighted by atomic mass is 9.70. The number of benzene rings is 2. The first-order valence-electron chi connectivity index (χ1n) is 14.2. The number of pyridine rings is 1. The number of hydrogen-bond donors (Lipinski definition) is 3. The average molecular weight is 644 g/mol. The van der Waals surface area contributed by atoms with Crippen LogP contribution in [0.3, 0.4) is 0 Å². The summed E-state index contributed by atoms with van der Waals surface area (Å²) in [5, 5.41) is 19.0. The molecule has 45 heavy (non-hydrogen) atoms. The summed E-state index contributed by atoms with van der Waals surface area (Å²) >= 11 is 6.08. The second-order valence-electron chi connectivity index (χ2n) is 11.6. The van der Waals surface area contributed by atoms with Crippen molar-refractivity contribution in [1.82, 2.24) is 20.1 Å². The smallest absolute Gasteiger partial charge is 0.333 e. The highest BCUT2D eigenvalue weighted by atomic mass is 35.5. The Bertz CT molecular complexity index is 1850. The second kappa shape index (κ2) is 11.2. The largest absolute Gasteiger partial charge is 0.494 e. The maximum absolute atomic E-state index is 14.1. The quantitative estimate of drug-likeness (QED) is 0.237. The van der Waals surface area contributed by atoms with Gasteiger partial charge in [0.25, 0.3) is 5.91 Å². The number of nitrogens with two attached hydrogens (primary N) is 1. The highest BCUT2D eigenvalue weighted by Gasteiger charge is 2.48. The lowest BCUT2D eigenvalue weighted by Gasteiger charge is -2.41. The lowest BCUT2D eigenvalue weighted by Crippen LogP contribution is -2.49. The number of aromatic nitrogens is 3. The minimum atomic E-state index is -2.88. The van der Waals surface area contributed by atoms with Gasteiger partial charge in [-0.25, -0.2) is 14.1 Å². The van der Waals surface area contributed by atoms with Gasteiger partial charge >= 0.3 is 6.55 Å². The van der Waals surface area contributed by atoms with Crippen LogP contribution in [0.1, 0.15) is 54.4 Å².